The predicted molar refractivity (Wildman–Crippen MR) is 153 cm³/mol. The summed E-state index contributed by atoms with van der Waals surface area (Å²) >= 11 is 0. The van der Waals surface area contributed by atoms with E-state index in [4.69, 9.17) is 0 Å². The van der Waals surface area contributed by atoms with Crippen molar-refractivity contribution in [3.05, 3.63) is 100 Å². The first-order valence-electron chi connectivity index (χ1n) is 13.9. The molecule has 0 atom stereocenters. The van der Waals surface area contributed by atoms with Crippen molar-refractivity contribution in [1.82, 2.24) is 19.2 Å². The first-order chi connectivity index (χ1) is 19.0. The standard InChI is InChI=1S/C32H35N5O2/c1-3-5-16-32(39)17-14-26(15-18-32)36-30(38)28(29(9-4-2)37-31(36)34-22-35-37)20-23-12-13-27(25(19-23)21-33)24-10-7-6-8-11-24/h3,6-8,10-13,19,22,26,39H,1,4-5,9,14-18,20H2,2H3. The number of rotatable bonds is 9. The summed E-state index contributed by atoms with van der Waals surface area (Å²) in [7, 11) is 0. The molecule has 2 heterocycles. The maximum Gasteiger partial charge on any atom is 0.259 e. The van der Waals surface area contributed by atoms with Crippen molar-refractivity contribution in [3.63, 3.8) is 0 Å². The molecule has 0 saturated heterocycles. The molecule has 5 rings (SSSR count). The van der Waals surface area contributed by atoms with Crippen LogP contribution in [0.3, 0.4) is 0 Å². The minimum atomic E-state index is -0.711. The number of fused-ring (bicyclic) bond motifs is 1. The topological polar surface area (TPSA) is 96.2 Å². The Kier molecular flexibility index (Phi) is 7.76. The zero-order chi connectivity index (χ0) is 27.4. The molecule has 0 amide bonds. The number of aliphatic hydroxyl groups is 1. The molecule has 2 aromatic heterocycles. The van der Waals surface area contributed by atoms with Gasteiger partial charge < -0.3 is 5.11 Å². The van der Waals surface area contributed by atoms with E-state index >= 15 is 0 Å². The first kappa shape index (κ1) is 26.6. The van der Waals surface area contributed by atoms with Gasteiger partial charge >= 0.3 is 0 Å². The lowest BCUT2D eigenvalue weighted by molar-refractivity contribution is -0.0140. The highest BCUT2D eigenvalue weighted by Crippen LogP contribution is 2.38. The Morgan fingerprint density at radius 3 is 2.67 bits per heavy atom. The van der Waals surface area contributed by atoms with Gasteiger partial charge in [-0.3, -0.25) is 9.36 Å². The lowest BCUT2D eigenvalue weighted by Crippen LogP contribution is -2.39. The Bertz CT molecular complexity index is 1570. The zero-order valence-corrected chi connectivity index (χ0v) is 22.5. The molecule has 0 unspecified atom stereocenters. The Morgan fingerprint density at radius 2 is 1.97 bits per heavy atom. The maximum atomic E-state index is 14.2. The molecule has 1 N–H and O–H groups in total. The monoisotopic (exact) mass is 521 g/mol. The molecule has 1 aliphatic carbocycles. The van der Waals surface area contributed by atoms with Crippen LogP contribution in [0.1, 0.15) is 80.3 Å². The highest BCUT2D eigenvalue weighted by atomic mass is 16.3. The Hall–Kier alpha value is -4.02. The number of nitrogens with zero attached hydrogens (tertiary/aromatic N) is 5. The smallest absolute Gasteiger partial charge is 0.259 e. The van der Waals surface area contributed by atoms with Gasteiger partial charge in [0.25, 0.3) is 5.56 Å². The van der Waals surface area contributed by atoms with Gasteiger partial charge in [-0.25, -0.2) is 4.52 Å². The molecule has 1 aliphatic rings. The summed E-state index contributed by atoms with van der Waals surface area (Å²) in [5.74, 6) is 0.561. The van der Waals surface area contributed by atoms with E-state index in [1.54, 1.807) is 4.57 Å². The van der Waals surface area contributed by atoms with E-state index in [1.807, 2.05) is 59.1 Å². The molecule has 39 heavy (non-hydrogen) atoms. The number of aryl methyl sites for hydroxylation is 1. The van der Waals surface area contributed by atoms with Gasteiger partial charge in [-0.2, -0.15) is 15.3 Å². The molecule has 1 fully saturated rings. The van der Waals surface area contributed by atoms with Crippen LogP contribution in [0.15, 0.2) is 72.3 Å². The lowest BCUT2D eigenvalue weighted by atomic mass is 9.79. The van der Waals surface area contributed by atoms with Crippen LogP contribution < -0.4 is 5.56 Å². The van der Waals surface area contributed by atoms with Gasteiger partial charge in [-0.15, -0.1) is 6.58 Å². The van der Waals surface area contributed by atoms with Crippen molar-refractivity contribution in [2.75, 3.05) is 0 Å². The van der Waals surface area contributed by atoms with Gasteiger partial charge in [0.2, 0.25) is 5.78 Å². The van der Waals surface area contributed by atoms with Crippen LogP contribution in [0, 0.1) is 11.3 Å². The van der Waals surface area contributed by atoms with E-state index in [0.717, 1.165) is 35.2 Å². The van der Waals surface area contributed by atoms with E-state index in [0.29, 0.717) is 61.9 Å². The normalized spacial score (nSPS) is 19.2. The summed E-state index contributed by atoms with van der Waals surface area (Å²) in [6, 6.07) is 18.0. The third-order valence-electron chi connectivity index (χ3n) is 8.05. The average molecular weight is 522 g/mol. The van der Waals surface area contributed by atoms with Crippen LogP contribution in [0.2, 0.25) is 0 Å². The molecule has 200 valence electrons. The molecule has 0 radical (unpaired) electrons. The van der Waals surface area contributed by atoms with E-state index < -0.39 is 5.60 Å². The molecule has 7 nitrogen and oxygen atoms in total. The van der Waals surface area contributed by atoms with E-state index in [9.17, 15) is 15.2 Å². The second-order valence-corrected chi connectivity index (χ2v) is 10.6. The summed E-state index contributed by atoms with van der Waals surface area (Å²) in [5, 5.41) is 25.5. The van der Waals surface area contributed by atoms with Gasteiger partial charge in [0.1, 0.15) is 6.33 Å². The molecule has 2 aromatic carbocycles. The van der Waals surface area contributed by atoms with Crippen LogP contribution >= 0.6 is 0 Å². The molecule has 0 aliphatic heterocycles. The Balaban J connectivity index is 1.54. The quantitative estimate of drug-likeness (QED) is 0.282. The molecule has 1 saturated carbocycles. The summed E-state index contributed by atoms with van der Waals surface area (Å²) < 4.78 is 3.63. The Labute approximate surface area is 229 Å². The largest absolute Gasteiger partial charge is 0.390 e. The fraction of sp³-hybridized carbons (Fsp3) is 0.375. The highest BCUT2D eigenvalue weighted by Gasteiger charge is 2.35. The molecular weight excluding hydrogens is 486 g/mol. The summed E-state index contributed by atoms with van der Waals surface area (Å²) in [6.45, 7) is 5.87. The third kappa shape index (κ3) is 5.30. The van der Waals surface area contributed by atoms with Crippen LogP contribution in [-0.2, 0) is 12.8 Å². The molecular formula is C32H35N5O2. The molecule has 0 bridgehead atoms. The SMILES string of the molecule is C=CCCC1(O)CCC(n2c(=O)c(Cc3ccc(-c4ccccc4)c(C#N)c3)c(CCC)n3ncnc23)CC1. The number of allylic oxidation sites excluding steroid dienone is 1. The van der Waals surface area contributed by atoms with Crippen LogP contribution in [0.4, 0.5) is 0 Å². The van der Waals surface area contributed by atoms with Crippen molar-refractivity contribution in [1.29, 1.82) is 5.26 Å². The molecule has 4 aromatic rings. The van der Waals surface area contributed by atoms with E-state index in [-0.39, 0.29) is 11.6 Å². The van der Waals surface area contributed by atoms with Gasteiger partial charge in [0.15, 0.2) is 0 Å². The average Bonchev–Trinajstić information content (AvgIpc) is 3.44. The second kappa shape index (κ2) is 11.4. The second-order valence-electron chi connectivity index (χ2n) is 10.6. The fourth-order valence-electron chi connectivity index (χ4n) is 5.96. The van der Waals surface area contributed by atoms with Gasteiger partial charge in [-0.05, 0) is 67.7 Å². The zero-order valence-electron chi connectivity index (χ0n) is 22.5. The number of aromatic nitrogens is 4. The minimum Gasteiger partial charge on any atom is -0.390 e. The Morgan fingerprint density at radius 1 is 1.21 bits per heavy atom. The van der Waals surface area contributed by atoms with Crippen molar-refractivity contribution in [2.45, 2.75) is 76.4 Å². The lowest BCUT2D eigenvalue weighted by Gasteiger charge is -2.36. The van der Waals surface area contributed by atoms with E-state index in [2.05, 4.69) is 29.7 Å². The van der Waals surface area contributed by atoms with Crippen molar-refractivity contribution >= 4 is 5.78 Å². The number of nitriles is 1. The van der Waals surface area contributed by atoms with Crippen molar-refractivity contribution < 1.29 is 5.11 Å². The third-order valence-corrected chi connectivity index (χ3v) is 8.05. The van der Waals surface area contributed by atoms with Crippen molar-refractivity contribution in [3.8, 4) is 17.2 Å². The van der Waals surface area contributed by atoms with Gasteiger partial charge in [-0.1, -0.05) is 61.9 Å². The minimum absolute atomic E-state index is 0.0499. The number of benzene rings is 2. The summed E-state index contributed by atoms with van der Waals surface area (Å²) in [4.78, 5) is 18.7. The first-order valence-corrected chi connectivity index (χ1v) is 13.9. The van der Waals surface area contributed by atoms with Gasteiger partial charge in [0, 0.05) is 18.0 Å². The maximum absolute atomic E-state index is 14.2. The van der Waals surface area contributed by atoms with Gasteiger partial charge in [0.05, 0.1) is 22.9 Å². The van der Waals surface area contributed by atoms with Crippen LogP contribution in [0.5, 0.6) is 0 Å². The summed E-state index contributed by atoms with van der Waals surface area (Å²) in [5.41, 5.74) is 4.17. The molecule has 0 spiro atoms. The van der Waals surface area contributed by atoms with Crippen LogP contribution in [0.25, 0.3) is 16.9 Å². The van der Waals surface area contributed by atoms with E-state index in [1.165, 1.54) is 6.33 Å². The summed E-state index contributed by atoms with van der Waals surface area (Å²) in [6.07, 6.45) is 9.47. The van der Waals surface area contributed by atoms with Crippen molar-refractivity contribution in [2.24, 2.45) is 0 Å². The number of hydrogen-bond acceptors (Lipinski definition) is 5. The predicted octanol–water partition coefficient (Wildman–Crippen LogP) is 5.79. The highest BCUT2D eigenvalue weighted by molar-refractivity contribution is 5.71. The number of hydrogen-bond donors (Lipinski definition) is 1. The fourth-order valence-corrected chi connectivity index (χ4v) is 5.96. The van der Waals surface area contributed by atoms with Crippen LogP contribution in [-0.4, -0.2) is 29.9 Å². The molecule has 7 heteroatoms.